The topological polar surface area (TPSA) is 55.4 Å². The first kappa shape index (κ1) is 16.0. The molecule has 1 heterocycles. The number of amides is 1. The maximum absolute atomic E-state index is 11.8. The summed E-state index contributed by atoms with van der Waals surface area (Å²) in [6.07, 6.45) is 0. The van der Waals surface area contributed by atoms with E-state index in [-0.39, 0.29) is 11.7 Å². The molecule has 1 N–H and O–H groups in total. The molecule has 0 bridgehead atoms. The maximum Gasteiger partial charge on any atom is 0.233 e. The Morgan fingerprint density at radius 2 is 2.05 bits per heavy atom. The molecule has 7 heteroatoms. The lowest BCUT2D eigenvalue weighted by atomic mass is 10.3. The monoisotopic (exact) mass is 343 g/mol. The molecule has 1 atom stereocenters. The highest BCUT2D eigenvalue weighted by Crippen LogP contribution is 2.15. The molecule has 1 unspecified atom stereocenters. The van der Waals surface area contributed by atoms with Crippen molar-refractivity contribution in [3.63, 3.8) is 0 Å². The SMILES string of the molecule is O=C(CS(=O)c1cccs1)NCCOc1ccc(Cl)cc1. The van der Waals surface area contributed by atoms with Crippen LogP contribution in [0.1, 0.15) is 0 Å². The molecule has 0 spiro atoms. The highest BCUT2D eigenvalue weighted by atomic mass is 35.5. The van der Waals surface area contributed by atoms with Crippen LogP contribution in [0.5, 0.6) is 5.75 Å². The van der Waals surface area contributed by atoms with Gasteiger partial charge in [-0.05, 0) is 35.7 Å². The summed E-state index contributed by atoms with van der Waals surface area (Å²) in [7, 11) is -1.28. The molecule has 0 saturated carbocycles. The van der Waals surface area contributed by atoms with Crippen molar-refractivity contribution in [3.8, 4) is 5.75 Å². The Morgan fingerprint density at radius 3 is 2.71 bits per heavy atom. The number of carbonyl (C=O) groups excluding carboxylic acids is 1. The van der Waals surface area contributed by atoms with Crippen molar-refractivity contribution in [1.29, 1.82) is 0 Å². The van der Waals surface area contributed by atoms with Crippen LogP contribution >= 0.6 is 22.9 Å². The zero-order valence-electron chi connectivity index (χ0n) is 11.1. The van der Waals surface area contributed by atoms with E-state index in [2.05, 4.69) is 5.32 Å². The predicted octanol–water partition coefficient (Wildman–Crippen LogP) is 2.70. The fourth-order valence-electron chi connectivity index (χ4n) is 1.52. The van der Waals surface area contributed by atoms with Crippen LogP contribution < -0.4 is 10.1 Å². The van der Waals surface area contributed by atoms with Crippen molar-refractivity contribution in [1.82, 2.24) is 5.32 Å². The number of rotatable bonds is 7. The number of ether oxygens (including phenoxy) is 1. The standard InChI is InChI=1S/C14H14ClNO3S2/c15-11-3-5-12(6-4-11)19-8-7-16-13(17)10-21(18)14-2-1-9-20-14/h1-6,9H,7-8,10H2,(H,16,17). The third-order valence-electron chi connectivity index (χ3n) is 2.49. The van der Waals surface area contributed by atoms with Crippen LogP contribution in [0.2, 0.25) is 5.02 Å². The van der Waals surface area contributed by atoms with Gasteiger partial charge in [-0.2, -0.15) is 0 Å². The molecule has 21 heavy (non-hydrogen) atoms. The van der Waals surface area contributed by atoms with Gasteiger partial charge in [-0.3, -0.25) is 9.00 Å². The molecule has 0 aliphatic carbocycles. The first-order valence-corrected chi connectivity index (χ1v) is 8.80. The van der Waals surface area contributed by atoms with E-state index in [9.17, 15) is 9.00 Å². The summed E-state index contributed by atoms with van der Waals surface area (Å²) < 4.78 is 18.0. The Balaban J connectivity index is 1.65. The van der Waals surface area contributed by atoms with Crippen molar-refractivity contribution in [3.05, 3.63) is 46.8 Å². The van der Waals surface area contributed by atoms with Gasteiger partial charge in [0.05, 0.1) is 21.6 Å². The van der Waals surface area contributed by atoms with Gasteiger partial charge in [0.15, 0.2) is 0 Å². The molecule has 2 rings (SSSR count). The average Bonchev–Trinajstić information content (AvgIpc) is 3.00. The maximum atomic E-state index is 11.8. The lowest BCUT2D eigenvalue weighted by Gasteiger charge is -2.07. The molecule has 4 nitrogen and oxygen atoms in total. The van der Waals surface area contributed by atoms with Crippen LogP contribution in [-0.4, -0.2) is 29.0 Å². The fourth-order valence-corrected chi connectivity index (χ4v) is 3.58. The molecular weight excluding hydrogens is 330 g/mol. The summed E-state index contributed by atoms with van der Waals surface area (Å²) in [5.74, 6) is 0.416. The molecule has 1 amide bonds. The minimum atomic E-state index is -1.28. The number of hydrogen-bond donors (Lipinski definition) is 1. The Labute approximate surface area is 134 Å². The summed E-state index contributed by atoms with van der Waals surface area (Å²) in [6.45, 7) is 0.710. The van der Waals surface area contributed by atoms with Crippen LogP contribution in [0.25, 0.3) is 0 Å². The second kappa shape index (κ2) is 8.17. The van der Waals surface area contributed by atoms with Crippen LogP contribution in [0.3, 0.4) is 0 Å². The zero-order valence-corrected chi connectivity index (χ0v) is 13.5. The molecule has 1 aromatic heterocycles. The Bertz CT molecular complexity index is 599. The minimum Gasteiger partial charge on any atom is -0.492 e. The van der Waals surface area contributed by atoms with Gasteiger partial charge in [0, 0.05) is 5.02 Å². The van der Waals surface area contributed by atoms with Gasteiger partial charge in [0.2, 0.25) is 5.91 Å². The largest absolute Gasteiger partial charge is 0.492 e. The van der Waals surface area contributed by atoms with Gasteiger partial charge >= 0.3 is 0 Å². The van der Waals surface area contributed by atoms with E-state index in [1.54, 1.807) is 30.3 Å². The predicted molar refractivity (Wildman–Crippen MR) is 85.6 cm³/mol. The summed E-state index contributed by atoms with van der Waals surface area (Å²) in [4.78, 5) is 11.6. The molecule has 0 saturated heterocycles. The van der Waals surface area contributed by atoms with Crippen LogP contribution in [-0.2, 0) is 15.6 Å². The number of halogens is 1. The highest BCUT2D eigenvalue weighted by Gasteiger charge is 2.10. The number of thiophene rings is 1. The van der Waals surface area contributed by atoms with Gasteiger partial charge in [-0.1, -0.05) is 17.7 Å². The lowest BCUT2D eigenvalue weighted by Crippen LogP contribution is -2.31. The van der Waals surface area contributed by atoms with Crippen molar-refractivity contribution in [2.24, 2.45) is 0 Å². The molecule has 0 aliphatic rings. The van der Waals surface area contributed by atoms with E-state index >= 15 is 0 Å². The molecule has 0 radical (unpaired) electrons. The van der Waals surface area contributed by atoms with Gasteiger partial charge in [0.1, 0.15) is 18.1 Å². The summed E-state index contributed by atoms with van der Waals surface area (Å²) >= 11 is 7.15. The van der Waals surface area contributed by atoms with E-state index in [1.165, 1.54) is 11.3 Å². The van der Waals surface area contributed by atoms with E-state index in [0.717, 1.165) is 0 Å². The molecule has 1 aromatic carbocycles. The molecule has 0 fully saturated rings. The third kappa shape index (κ3) is 5.49. The smallest absolute Gasteiger partial charge is 0.233 e. The molecule has 2 aromatic rings. The molecule has 112 valence electrons. The number of hydrogen-bond acceptors (Lipinski definition) is 4. The normalized spacial score (nSPS) is 11.9. The summed E-state index contributed by atoms with van der Waals surface area (Å²) in [5.41, 5.74) is 0. The van der Waals surface area contributed by atoms with E-state index in [4.69, 9.17) is 16.3 Å². The van der Waals surface area contributed by atoms with Gasteiger partial charge in [-0.15, -0.1) is 11.3 Å². The summed E-state index contributed by atoms with van der Waals surface area (Å²) in [6, 6.07) is 10.6. The van der Waals surface area contributed by atoms with Crippen molar-refractivity contribution in [2.45, 2.75) is 4.21 Å². The van der Waals surface area contributed by atoms with E-state index < -0.39 is 10.8 Å². The average molecular weight is 344 g/mol. The third-order valence-corrected chi connectivity index (χ3v) is 5.36. The summed E-state index contributed by atoms with van der Waals surface area (Å²) in [5, 5.41) is 5.16. The van der Waals surface area contributed by atoms with Gasteiger partial charge in [0.25, 0.3) is 0 Å². The second-order valence-electron chi connectivity index (χ2n) is 4.07. The number of nitrogens with one attached hydrogen (secondary N) is 1. The van der Waals surface area contributed by atoms with Crippen LogP contribution in [0, 0.1) is 0 Å². The fraction of sp³-hybridized carbons (Fsp3) is 0.214. The van der Waals surface area contributed by atoms with Crippen molar-refractivity contribution in [2.75, 3.05) is 18.9 Å². The highest BCUT2D eigenvalue weighted by molar-refractivity contribution is 7.88. The van der Waals surface area contributed by atoms with Crippen molar-refractivity contribution >= 4 is 39.6 Å². The van der Waals surface area contributed by atoms with E-state index in [1.807, 2.05) is 11.4 Å². The van der Waals surface area contributed by atoms with Crippen LogP contribution in [0.4, 0.5) is 0 Å². The Hall–Kier alpha value is -1.37. The quantitative estimate of drug-likeness (QED) is 0.786. The zero-order chi connectivity index (χ0) is 15.1. The van der Waals surface area contributed by atoms with Crippen LogP contribution in [0.15, 0.2) is 46.0 Å². The Morgan fingerprint density at radius 1 is 1.29 bits per heavy atom. The second-order valence-corrected chi connectivity index (χ2v) is 7.14. The van der Waals surface area contributed by atoms with E-state index in [0.29, 0.717) is 28.1 Å². The number of benzene rings is 1. The molecule has 0 aliphatic heterocycles. The minimum absolute atomic E-state index is 0.0263. The first-order chi connectivity index (χ1) is 10.1. The molecular formula is C14H14ClNO3S2. The first-order valence-electron chi connectivity index (χ1n) is 6.22. The van der Waals surface area contributed by atoms with Gasteiger partial charge in [-0.25, -0.2) is 0 Å². The Kier molecular flexibility index (Phi) is 6.22. The number of carbonyl (C=O) groups is 1. The van der Waals surface area contributed by atoms with Crippen molar-refractivity contribution < 1.29 is 13.7 Å². The van der Waals surface area contributed by atoms with Gasteiger partial charge < -0.3 is 10.1 Å². The lowest BCUT2D eigenvalue weighted by molar-refractivity contribution is -0.118.